The van der Waals surface area contributed by atoms with Crippen LogP contribution in [0.5, 0.6) is 0 Å². The van der Waals surface area contributed by atoms with Crippen molar-refractivity contribution in [2.75, 3.05) is 20.7 Å². The molecule has 4 rings (SSSR count). The maximum Gasteiger partial charge on any atom is 0.191 e. The van der Waals surface area contributed by atoms with Gasteiger partial charge in [0.1, 0.15) is 12.4 Å². The predicted octanol–water partition coefficient (Wildman–Crippen LogP) is 1.63. The van der Waals surface area contributed by atoms with Gasteiger partial charge in [-0.05, 0) is 24.5 Å². The monoisotopic (exact) mass is 381 g/mol. The van der Waals surface area contributed by atoms with Crippen LogP contribution in [0.2, 0.25) is 0 Å². The SMILES string of the molecule is CN=C(NCCc1c[nH]c2ccccc12)NC1CCc2nc(COC)nn2C1. The molecular weight excluding hydrogens is 354 g/mol. The Morgan fingerprint density at radius 2 is 2.29 bits per heavy atom. The summed E-state index contributed by atoms with van der Waals surface area (Å²) in [6.07, 6.45) is 4.94. The molecule has 3 N–H and O–H groups in total. The first-order valence-electron chi connectivity index (χ1n) is 9.70. The largest absolute Gasteiger partial charge is 0.377 e. The fourth-order valence-electron chi connectivity index (χ4n) is 3.71. The highest BCUT2D eigenvalue weighted by atomic mass is 16.5. The van der Waals surface area contributed by atoms with Crippen LogP contribution in [0.3, 0.4) is 0 Å². The van der Waals surface area contributed by atoms with Gasteiger partial charge in [-0.1, -0.05) is 18.2 Å². The van der Waals surface area contributed by atoms with Gasteiger partial charge in [-0.25, -0.2) is 9.67 Å². The molecule has 148 valence electrons. The Morgan fingerprint density at radius 3 is 3.14 bits per heavy atom. The van der Waals surface area contributed by atoms with Gasteiger partial charge in [-0.2, -0.15) is 5.10 Å². The van der Waals surface area contributed by atoms with E-state index in [0.29, 0.717) is 6.61 Å². The van der Waals surface area contributed by atoms with Crippen LogP contribution in [0.4, 0.5) is 0 Å². The number of rotatable bonds is 6. The van der Waals surface area contributed by atoms with Crippen molar-refractivity contribution in [3.05, 3.63) is 47.7 Å². The number of para-hydroxylation sites is 1. The molecule has 1 aromatic carbocycles. The van der Waals surface area contributed by atoms with Crippen molar-refractivity contribution in [1.82, 2.24) is 30.4 Å². The highest BCUT2D eigenvalue weighted by Crippen LogP contribution is 2.17. The van der Waals surface area contributed by atoms with Crippen molar-refractivity contribution >= 4 is 16.9 Å². The molecule has 1 atom stereocenters. The van der Waals surface area contributed by atoms with E-state index >= 15 is 0 Å². The Hall–Kier alpha value is -2.87. The molecule has 0 spiro atoms. The molecule has 0 fully saturated rings. The van der Waals surface area contributed by atoms with Crippen molar-refractivity contribution in [2.24, 2.45) is 4.99 Å². The Kier molecular flexibility index (Phi) is 5.57. The Balaban J connectivity index is 1.30. The molecule has 1 unspecified atom stereocenters. The zero-order valence-corrected chi connectivity index (χ0v) is 16.4. The van der Waals surface area contributed by atoms with E-state index in [1.807, 2.05) is 4.68 Å². The van der Waals surface area contributed by atoms with Crippen LogP contribution >= 0.6 is 0 Å². The average molecular weight is 381 g/mol. The number of aryl methyl sites for hydroxylation is 1. The maximum atomic E-state index is 5.13. The Labute approximate surface area is 164 Å². The lowest BCUT2D eigenvalue weighted by atomic mass is 10.1. The van der Waals surface area contributed by atoms with E-state index in [9.17, 15) is 0 Å². The van der Waals surface area contributed by atoms with Crippen molar-refractivity contribution in [3.8, 4) is 0 Å². The number of benzene rings is 1. The first-order chi connectivity index (χ1) is 13.8. The zero-order valence-electron chi connectivity index (χ0n) is 16.4. The molecule has 8 nitrogen and oxygen atoms in total. The van der Waals surface area contributed by atoms with Crippen LogP contribution in [0.25, 0.3) is 10.9 Å². The topological polar surface area (TPSA) is 92.2 Å². The molecule has 3 aromatic rings. The smallest absolute Gasteiger partial charge is 0.191 e. The number of nitrogens with zero attached hydrogens (tertiary/aromatic N) is 4. The highest BCUT2D eigenvalue weighted by molar-refractivity contribution is 5.83. The molecule has 0 radical (unpaired) electrons. The first-order valence-corrected chi connectivity index (χ1v) is 9.70. The number of H-pyrrole nitrogens is 1. The second-order valence-electron chi connectivity index (χ2n) is 7.05. The number of fused-ring (bicyclic) bond motifs is 2. The molecule has 0 saturated carbocycles. The summed E-state index contributed by atoms with van der Waals surface area (Å²) in [4.78, 5) is 12.2. The van der Waals surface area contributed by atoms with Gasteiger partial charge in [-0.15, -0.1) is 0 Å². The number of aliphatic imine (C=N–C) groups is 1. The first kappa shape index (κ1) is 18.5. The van der Waals surface area contributed by atoms with Crippen molar-refractivity contribution in [2.45, 2.75) is 38.5 Å². The number of ether oxygens (including phenoxy) is 1. The van der Waals surface area contributed by atoms with Gasteiger partial charge in [-0.3, -0.25) is 4.99 Å². The van der Waals surface area contributed by atoms with E-state index in [1.54, 1.807) is 14.2 Å². The summed E-state index contributed by atoms with van der Waals surface area (Å²) in [6.45, 7) is 2.06. The van der Waals surface area contributed by atoms with Crippen LogP contribution in [-0.4, -0.2) is 52.5 Å². The van der Waals surface area contributed by atoms with Gasteiger partial charge in [0.05, 0.1) is 6.54 Å². The second kappa shape index (κ2) is 8.43. The number of aromatic amines is 1. The van der Waals surface area contributed by atoms with Crippen LogP contribution in [0.15, 0.2) is 35.5 Å². The third-order valence-corrected chi connectivity index (χ3v) is 5.10. The number of methoxy groups -OCH3 is 1. The second-order valence-corrected chi connectivity index (χ2v) is 7.05. The minimum Gasteiger partial charge on any atom is -0.377 e. The summed E-state index contributed by atoms with van der Waals surface area (Å²) in [5.41, 5.74) is 2.49. The maximum absolute atomic E-state index is 5.13. The van der Waals surface area contributed by atoms with E-state index in [-0.39, 0.29) is 6.04 Å². The molecule has 28 heavy (non-hydrogen) atoms. The fraction of sp³-hybridized carbons (Fsp3) is 0.450. The number of guanidine groups is 1. The number of hydrogen-bond acceptors (Lipinski definition) is 4. The summed E-state index contributed by atoms with van der Waals surface area (Å²) in [5, 5.41) is 12.8. The van der Waals surface area contributed by atoms with E-state index in [1.165, 1.54) is 16.5 Å². The lowest BCUT2D eigenvalue weighted by Gasteiger charge is -2.25. The lowest BCUT2D eigenvalue weighted by Crippen LogP contribution is -2.47. The molecule has 0 saturated heterocycles. The van der Waals surface area contributed by atoms with Crippen LogP contribution in [-0.2, 0) is 30.7 Å². The quantitative estimate of drug-likeness (QED) is 0.446. The Bertz CT molecular complexity index is 959. The summed E-state index contributed by atoms with van der Waals surface area (Å²) >= 11 is 0. The van der Waals surface area contributed by atoms with E-state index in [2.05, 4.69) is 61.2 Å². The molecule has 3 heterocycles. The summed E-state index contributed by atoms with van der Waals surface area (Å²) < 4.78 is 7.11. The molecular formula is C20H27N7O. The number of nitrogens with one attached hydrogen (secondary N) is 3. The number of aromatic nitrogens is 4. The summed E-state index contributed by atoms with van der Waals surface area (Å²) in [7, 11) is 3.47. The van der Waals surface area contributed by atoms with E-state index in [0.717, 1.165) is 50.0 Å². The molecule has 1 aliphatic rings. The summed E-state index contributed by atoms with van der Waals surface area (Å²) in [5.74, 6) is 2.61. The van der Waals surface area contributed by atoms with Crippen molar-refractivity contribution in [3.63, 3.8) is 0 Å². The van der Waals surface area contributed by atoms with Crippen LogP contribution in [0.1, 0.15) is 23.6 Å². The number of hydrogen-bond donors (Lipinski definition) is 3. The third kappa shape index (κ3) is 4.01. The lowest BCUT2D eigenvalue weighted by molar-refractivity contribution is 0.177. The van der Waals surface area contributed by atoms with Crippen LogP contribution in [0, 0.1) is 0 Å². The van der Waals surface area contributed by atoms with Gasteiger partial charge >= 0.3 is 0 Å². The van der Waals surface area contributed by atoms with Gasteiger partial charge in [0.25, 0.3) is 0 Å². The van der Waals surface area contributed by atoms with Crippen molar-refractivity contribution in [1.29, 1.82) is 0 Å². The minimum atomic E-state index is 0.281. The average Bonchev–Trinajstić information content (AvgIpc) is 3.31. The molecule has 8 heteroatoms. The van der Waals surface area contributed by atoms with E-state index < -0.39 is 0 Å². The normalized spacial score (nSPS) is 16.9. The van der Waals surface area contributed by atoms with Gasteiger partial charge < -0.3 is 20.4 Å². The van der Waals surface area contributed by atoms with Gasteiger partial charge in [0.15, 0.2) is 11.8 Å². The molecule has 0 bridgehead atoms. The molecule has 2 aromatic heterocycles. The third-order valence-electron chi connectivity index (χ3n) is 5.10. The van der Waals surface area contributed by atoms with Crippen LogP contribution < -0.4 is 10.6 Å². The zero-order chi connectivity index (χ0) is 19.3. The van der Waals surface area contributed by atoms with Gasteiger partial charge in [0, 0.05) is 50.3 Å². The minimum absolute atomic E-state index is 0.281. The van der Waals surface area contributed by atoms with Gasteiger partial charge in [0.2, 0.25) is 0 Å². The predicted molar refractivity (Wildman–Crippen MR) is 109 cm³/mol. The molecule has 1 aliphatic heterocycles. The standard InChI is InChI=1S/C20H27N7O/c1-21-20(22-10-9-14-11-23-17-6-4-3-5-16(14)17)24-15-7-8-19-25-18(13-28-2)26-27(19)12-15/h3-6,11,15,23H,7-10,12-13H2,1-2H3,(H2,21,22,24). The Morgan fingerprint density at radius 1 is 1.39 bits per heavy atom. The summed E-state index contributed by atoms with van der Waals surface area (Å²) in [6, 6.07) is 8.67. The molecule has 0 aliphatic carbocycles. The fourth-order valence-corrected chi connectivity index (χ4v) is 3.71. The van der Waals surface area contributed by atoms with Crippen molar-refractivity contribution < 1.29 is 4.74 Å². The molecule has 0 amide bonds. The van der Waals surface area contributed by atoms with E-state index in [4.69, 9.17) is 4.74 Å². The highest BCUT2D eigenvalue weighted by Gasteiger charge is 2.22.